The van der Waals surface area contributed by atoms with Crippen molar-refractivity contribution in [1.82, 2.24) is 0 Å². The lowest BCUT2D eigenvalue weighted by Crippen LogP contribution is -2.30. The molecule has 4 atom stereocenters. The number of aromatic hydroxyl groups is 2. The molecule has 2 aromatic rings. The summed E-state index contributed by atoms with van der Waals surface area (Å²) >= 11 is 0. The van der Waals surface area contributed by atoms with Gasteiger partial charge in [-0.3, -0.25) is 0 Å². The molecule has 6 rings (SSSR count). The van der Waals surface area contributed by atoms with E-state index in [0.717, 1.165) is 71.9 Å². The molecule has 0 amide bonds. The summed E-state index contributed by atoms with van der Waals surface area (Å²) < 4.78 is 10.2. The van der Waals surface area contributed by atoms with Crippen molar-refractivity contribution < 1.29 is 39.5 Å². The smallest absolute Gasteiger partial charge is 0.348 e. The molecule has 38 heavy (non-hydrogen) atoms. The fourth-order valence-corrected chi connectivity index (χ4v) is 7.09. The quantitative estimate of drug-likeness (QED) is 0.292. The van der Waals surface area contributed by atoms with Gasteiger partial charge in [0.05, 0.1) is 0 Å². The van der Waals surface area contributed by atoms with Gasteiger partial charge in [0.1, 0.15) is 0 Å². The van der Waals surface area contributed by atoms with Gasteiger partial charge in [0, 0.05) is 22.3 Å². The first-order chi connectivity index (χ1) is 17.7. The minimum absolute atomic E-state index is 0.0354. The summed E-state index contributed by atoms with van der Waals surface area (Å²) in [6.45, 7) is 10.9. The Labute approximate surface area is 222 Å². The first-order valence-corrected chi connectivity index (χ1v) is 13.4. The van der Waals surface area contributed by atoms with Crippen molar-refractivity contribution in [2.75, 3.05) is 0 Å². The van der Waals surface area contributed by atoms with Gasteiger partial charge in [0.15, 0.2) is 34.2 Å². The first-order valence-electron chi connectivity index (χ1n) is 13.4. The van der Waals surface area contributed by atoms with E-state index in [1.54, 1.807) is 0 Å². The molecular formula is C30H36O8. The molecule has 0 aromatic heterocycles. The van der Waals surface area contributed by atoms with Gasteiger partial charge in [-0.25, -0.2) is 9.59 Å². The average Bonchev–Trinajstić information content (AvgIpc) is 3.24. The van der Waals surface area contributed by atoms with Crippen LogP contribution in [0.2, 0.25) is 0 Å². The van der Waals surface area contributed by atoms with Crippen molar-refractivity contribution in [2.24, 2.45) is 0 Å². The van der Waals surface area contributed by atoms with E-state index in [2.05, 4.69) is 13.8 Å². The number of fused-ring (bicyclic) bond motifs is 4. The fraction of sp³-hybridized carbons (Fsp3) is 0.533. The number of phenols is 2. The maximum Gasteiger partial charge on any atom is 0.348 e. The second-order valence-electron chi connectivity index (χ2n) is 11.6. The molecule has 204 valence electrons. The van der Waals surface area contributed by atoms with E-state index >= 15 is 0 Å². The molecule has 0 radical (unpaired) electrons. The molecule has 0 saturated carbocycles. The van der Waals surface area contributed by atoms with Gasteiger partial charge in [-0.2, -0.15) is 0 Å². The highest BCUT2D eigenvalue weighted by Gasteiger charge is 2.49. The summed E-state index contributed by atoms with van der Waals surface area (Å²) in [7, 11) is 0. The van der Waals surface area contributed by atoms with Crippen LogP contribution in [0.5, 0.6) is 23.0 Å². The molecule has 4 N–H and O–H groups in total. The van der Waals surface area contributed by atoms with Crippen LogP contribution in [0.4, 0.5) is 0 Å². The van der Waals surface area contributed by atoms with Crippen molar-refractivity contribution >= 4 is 11.9 Å². The topological polar surface area (TPSA) is 134 Å². The lowest BCUT2D eigenvalue weighted by Gasteiger charge is -2.28. The van der Waals surface area contributed by atoms with Crippen LogP contribution in [-0.4, -0.2) is 32.4 Å². The highest BCUT2D eigenvalue weighted by atomic mass is 16.6. The number of ether oxygens (including phenoxy) is 2. The lowest BCUT2D eigenvalue weighted by molar-refractivity contribution is -0.150. The standard InChI is InChI=1S/2C15H18O4/c2*1-7-5-4-6-9-10(7)8(2)11-13(12(9)16)19-14(17)15(11,3)18/h2*7,16,18H,4-6H2,1-3H3/t7-,15+;7-,15-/m00/s1. The molecule has 8 nitrogen and oxygen atoms in total. The van der Waals surface area contributed by atoms with Gasteiger partial charge in [-0.1, -0.05) is 13.8 Å². The van der Waals surface area contributed by atoms with E-state index in [1.165, 1.54) is 13.8 Å². The Bertz CT molecular complexity index is 1280. The van der Waals surface area contributed by atoms with E-state index in [4.69, 9.17) is 9.47 Å². The Hall–Kier alpha value is -3.10. The first kappa shape index (κ1) is 26.5. The van der Waals surface area contributed by atoms with Gasteiger partial charge in [0.2, 0.25) is 0 Å². The Morgan fingerprint density at radius 1 is 0.711 bits per heavy atom. The van der Waals surface area contributed by atoms with Crippen molar-refractivity contribution in [3.63, 3.8) is 0 Å². The zero-order valence-electron chi connectivity index (χ0n) is 22.8. The summed E-state index contributed by atoms with van der Waals surface area (Å²) in [4.78, 5) is 23.5. The molecule has 0 unspecified atom stereocenters. The normalized spacial score (nSPS) is 28.8. The number of carbonyl (C=O) groups is 2. The molecule has 8 heteroatoms. The van der Waals surface area contributed by atoms with Crippen molar-refractivity contribution in [3.05, 3.63) is 44.5 Å². The van der Waals surface area contributed by atoms with E-state index in [0.29, 0.717) is 23.0 Å². The largest absolute Gasteiger partial charge is 0.504 e. The van der Waals surface area contributed by atoms with Crippen LogP contribution < -0.4 is 9.47 Å². The van der Waals surface area contributed by atoms with Crippen LogP contribution in [0, 0.1) is 13.8 Å². The number of hydrogen-bond donors (Lipinski definition) is 4. The number of esters is 2. The number of aliphatic hydroxyl groups is 2. The summed E-state index contributed by atoms with van der Waals surface area (Å²) in [6.07, 6.45) is 5.74. The van der Waals surface area contributed by atoms with E-state index in [9.17, 15) is 30.0 Å². The molecule has 0 saturated heterocycles. The third kappa shape index (κ3) is 3.57. The molecule has 2 aromatic carbocycles. The Morgan fingerprint density at radius 3 is 1.39 bits per heavy atom. The summed E-state index contributed by atoms with van der Waals surface area (Å²) in [5.74, 6) is -0.396. The van der Waals surface area contributed by atoms with Gasteiger partial charge in [0.25, 0.3) is 0 Å². The zero-order chi connectivity index (χ0) is 27.9. The highest BCUT2D eigenvalue weighted by molar-refractivity contribution is 5.92. The number of rotatable bonds is 0. The van der Waals surface area contributed by atoms with Crippen LogP contribution in [0.25, 0.3) is 0 Å². The molecular weight excluding hydrogens is 488 g/mol. The summed E-state index contributed by atoms with van der Waals surface area (Å²) in [5, 5.41) is 41.4. The maximum atomic E-state index is 11.8. The Balaban J connectivity index is 0.000000155. The molecule has 0 bridgehead atoms. The number of benzene rings is 2. The molecule has 2 aliphatic heterocycles. The van der Waals surface area contributed by atoms with E-state index in [-0.39, 0.29) is 23.0 Å². The number of hydrogen-bond acceptors (Lipinski definition) is 8. The van der Waals surface area contributed by atoms with Crippen molar-refractivity contribution in [2.45, 2.75) is 103 Å². The summed E-state index contributed by atoms with van der Waals surface area (Å²) in [5.41, 5.74) is 3.19. The monoisotopic (exact) mass is 524 g/mol. The fourth-order valence-electron chi connectivity index (χ4n) is 7.09. The molecule has 0 fully saturated rings. The van der Waals surface area contributed by atoms with Gasteiger partial charge in [-0.05, 0) is 100 Å². The number of carbonyl (C=O) groups excluding carboxylic acids is 2. The van der Waals surface area contributed by atoms with Crippen LogP contribution in [0.15, 0.2) is 0 Å². The second-order valence-corrected chi connectivity index (χ2v) is 11.6. The Kier molecular flexibility index (Phi) is 6.08. The highest BCUT2D eigenvalue weighted by Crippen LogP contribution is 2.53. The molecule has 2 aliphatic carbocycles. The minimum atomic E-state index is -1.66. The third-order valence-electron chi connectivity index (χ3n) is 8.94. The van der Waals surface area contributed by atoms with Gasteiger partial charge >= 0.3 is 11.9 Å². The third-order valence-corrected chi connectivity index (χ3v) is 8.94. The average molecular weight is 525 g/mol. The second kappa shape index (κ2) is 8.71. The number of phenolic OH excluding ortho intramolecular Hbond substituents is 2. The van der Waals surface area contributed by atoms with Crippen LogP contribution in [-0.2, 0) is 33.6 Å². The van der Waals surface area contributed by atoms with E-state index < -0.39 is 23.1 Å². The van der Waals surface area contributed by atoms with Gasteiger partial charge < -0.3 is 29.9 Å². The van der Waals surface area contributed by atoms with E-state index in [1.807, 2.05) is 13.8 Å². The van der Waals surface area contributed by atoms with Gasteiger partial charge in [-0.15, -0.1) is 0 Å². The minimum Gasteiger partial charge on any atom is -0.504 e. The molecule has 4 aliphatic rings. The van der Waals surface area contributed by atoms with Crippen LogP contribution >= 0.6 is 0 Å². The zero-order valence-corrected chi connectivity index (χ0v) is 22.8. The predicted molar refractivity (Wildman–Crippen MR) is 139 cm³/mol. The predicted octanol–water partition coefficient (Wildman–Crippen LogP) is 4.53. The van der Waals surface area contributed by atoms with Crippen LogP contribution in [0.1, 0.15) is 110 Å². The SMILES string of the molecule is Cc1c2c(c(O)c3c1[C@@](C)(O)C(=O)O3)CCC[C@@H]2C.Cc1c2c(c(O)c3c1[C@](C)(O)C(=O)O3)CCC[C@@H]2C. The summed E-state index contributed by atoms with van der Waals surface area (Å²) in [6, 6.07) is 0. The lowest BCUT2D eigenvalue weighted by atomic mass is 9.77. The molecule has 0 spiro atoms. The van der Waals surface area contributed by atoms with Crippen molar-refractivity contribution in [1.29, 1.82) is 0 Å². The maximum absolute atomic E-state index is 11.8. The van der Waals surface area contributed by atoms with Crippen molar-refractivity contribution in [3.8, 4) is 23.0 Å². The Morgan fingerprint density at radius 2 is 1.05 bits per heavy atom. The van der Waals surface area contributed by atoms with Crippen LogP contribution in [0.3, 0.4) is 0 Å². The molecule has 2 heterocycles.